The van der Waals surface area contributed by atoms with Crippen molar-refractivity contribution in [1.29, 1.82) is 0 Å². The third kappa shape index (κ3) is 9.07. The predicted molar refractivity (Wildman–Crippen MR) is 96.7 cm³/mol. The molecule has 1 rings (SSSR count). The quantitative estimate of drug-likeness (QED) is 0.442. The molecule has 0 radical (unpaired) electrons. The van der Waals surface area contributed by atoms with E-state index < -0.39 is 0 Å². The van der Waals surface area contributed by atoms with Crippen molar-refractivity contribution in [3.05, 3.63) is 0 Å². The van der Waals surface area contributed by atoms with Crippen LogP contribution in [0.3, 0.4) is 0 Å². The Morgan fingerprint density at radius 3 is 1.74 bits per heavy atom. The maximum atomic E-state index is 10.2. The van der Waals surface area contributed by atoms with Gasteiger partial charge in [0, 0.05) is 0 Å². The lowest BCUT2D eigenvalue weighted by atomic mass is 10.0. The maximum absolute atomic E-state index is 10.2. The molecule has 0 amide bonds. The Bertz CT molecular complexity index is 270. The lowest BCUT2D eigenvalue weighted by Crippen LogP contribution is -2.30. The highest BCUT2D eigenvalue weighted by Crippen LogP contribution is 2.27. The van der Waals surface area contributed by atoms with Gasteiger partial charge in [0.25, 0.3) is 0 Å². The summed E-state index contributed by atoms with van der Waals surface area (Å²) in [5.74, 6) is 0. The Labute approximate surface area is 143 Å². The summed E-state index contributed by atoms with van der Waals surface area (Å²) in [6.45, 7) is 4.23. The van der Waals surface area contributed by atoms with Gasteiger partial charge < -0.3 is 14.9 Å². The first kappa shape index (κ1) is 20.9. The van der Waals surface area contributed by atoms with Crippen LogP contribution in [0.1, 0.15) is 104 Å². The average molecular weight is 329 g/mol. The fourth-order valence-corrected chi connectivity index (χ4v) is 3.54. The molecule has 0 saturated carbocycles. The summed E-state index contributed by atoms with van der Waals surface area (Å²) in [5.41, 5.74) is 0. The SMILES string of the molecule is CCCCCCCCCCCC[C@@H](O)[C@H]1CC[C@H]([C@@H](O)CC)O1. The molecule has 3 nitrogen and oxygen atoms in total. The Balaban J connectivity index is 1.93. The minimum absolute atomic E-state index is 0.0558. The number of hydrogen-bond donors (Lipinski definition) is 2. The van der Waals surface area contributed by atoms with E-state index in [1.54, 1.807) is 0 Å². The molecular formula is C20H40O3. The first-order chi connectivity index (χ1) is 11.2. The van der Waals surface area contributed by atoms with Crippen molar-refractivity contribution in [2.45, 2.75) is 128 Å². The first-order valence-electron chi connectivity index (χ1n) is 10.2. The Hall–Kier alpha value is -0.120. The van der Waals surface area contributed by atoms with Gasteiger partial charge in [-0.1, -0.05) is 78.1 Å². The van der Waals surface area contributed by atoms with Crippen molar-refractivity contribution in [2.75, 3.05) is 0 Å². The molecule has 0 aliphatic carbocycles. The Kier molecular flexibility index (Phi) is 12.0. The van der Waals surface area contributed by atoms with Crippen LogP contribution in [0.15, 0.2) is 0 Å². The average Bonchev–Trinajstić information content (AvgIpc) is 3.05. The van der Waals surface area contributed by atoms with Crippen molar-refractivity contribution in [3.8, 4) is 0 Å². The van der Waals surface area contributed by atoms with E-state index in [0.29, 0.717) is 0 Å². The molecule has 1 aliphatic heterocycles. The molecule has 0 unspecified atom stereocenters. The summed E-state index contributed by atoms with van der Waals surface area (Å²) in [4.78, 5) is 0. The van der Waals surface area contributed by atoms with Gasteiger partial charge in [0.1, 0.15) is 0 Å². The summed E-state index contributed by atoms with van der Waals surface area (Å²) in [6.07, 6.45) is 15.7. The molecule has 1 heterocycles. The van der Waals surface area contributed by atoms with Gasteiger partial charge in [0.2, 0.25) is 0 Å². The van der Waals surface area contributed by atoms with Gasteiger partial charge in [0.15, 0.2) is 0 Å². The van der Waals surface area contributed by atoms with Gasteiger partial charge in [-0.25, -0.2) is 0 Å². The van der Waals surface area contributed by atoms with E-state index in [1.807, 2.05) is 6.92 Å². The summed E-state index contributed by atoms with van der Waals surface area (Å²) >= 11 is 0. The normalized spacial score (nSPS) is 24.0. The summed E-state index contributed by atoms with van der Waals surface area (Å²) in [7, 11) is 0. The molecule has 0 spiro atoms. The second-order valence-electron chi connectivity index (χ2n) is 7.30. The minimum Gasteiger partial charge on any atom is -0.390 e. The second kappa shape index (κ2) is 13.2. The third-order valence-corrected chi connectivity index (χ3v) is 5.22. The summed E-state index contributed by atoms with van der Waals surface area (Å²) in [5, 5.41) is 20.1. The van der Waals surface area contributed by atoms with E-state index in [-0.39, 0.29) is 24.4 Å². The van der Waals surface area contributed by atoms with Gasteiger partial charge in [-0.05, 0) is 25.7 Å². The van der Waals surface area contributed by atoms with Gasteiger partial charge in [-0.15, -0.1) is 0 Å². The van der Waals surface area contributed by atoms with Crippen LogP contribution in [0.25, 0.3) is 0 Å². The van der Waals surface area contributed by atoms with Crippen molar-refractivity contribution in [1.82, 2.24) is 0 Å². The van der Waals surface area contributed by atoms with Gasteiger partial charge >= 0.3 is 0 Å². The smallest absolute Gasteiger partial charge is 0.0840 e. The van der Waals surface area contributed by atoms with Crippen LogP contribution in [0, 0.1) is 0 Å². The number of unbranched alkanes of at least 4 members (excludes halogenated alkanes) is 9. The highest BCUT2D eigenvalue weighted by Gasteiger charge is 2.33. The van der Waals surface area contributed by atoms with Crippen LogP contribution in [0.2, 0.25) is 0 Å². The zero-order chi connectivity index (χ0) is 16.9. The Morgan fingerprint density at radius 1 is 0.739 bits per heavy atom. The molecule has 1 aliphatic rings. The molecule has 1 saturated heterocycles. The van der Waals surface area contributed by atoms with E-state index in [0.717, 1.165) is 32.1 Å². The fraction of sp³-hybridized carbons (Fsp3) is 1.00. The van der Waals surface area contributed by atoms with Crippen LogP contribution in [0.4, 0.5) is 0 Å². The molecule has 4 atom stereocenters. The highest BCUT2D eigenvalue weighted by atomic mass is 16.5. The van der Waals surface area contributed by atoms with E-state index in [4.69, 9.17) is 4.74 Å². The van der Waals surface area contributed by atoms with Crippen LogP contribution >= 0.6 is 0 Å². The number of aliphatic hydroxyl groups excluding tert-OH is 2. The molecular weight excluding hydrogens is 288 g/mol. The fourth-order valence-electron chi connectivity index (χ4n) is 3.54. The lowest BCUT2D eigenvalue weighted by Gasteiger charge is -2.21. The van der Waals surface area contributed by atoms with Crippen molar-refractivity contribution in [3.63, 3.8) is 0 Å². The van der Waals surface area contributed by atoms with Crippen LogP contribution < -0.4 is 0 Å². The zero-order valence-electron chi connectivity index (χ0n) is 15.5. The number of hydrogen-bond acceptors (Lipinski definition) is 3. The number of ether oxygens (including phenoxy) is 1. The van der Waals surface area contributed by atoms with Crippen molar-refractivity contribution < 1.29 is 14.9 Å². The second-order valence-corrected chi connectivity index (χ2v) is 7.30. The van der Waals surface area contributed by atoms with E-state index in [9.17, 15) is 10.2 Å². The standard InChI is InChI=1S/C20H40O3/c1-3-5-6-7-8-9-10-11-12-13-14-18(22)20-16-15-19(23-20)17(21)4-2/h17-22H,3-16H2,1-2H3/t17-,18+,19+,20+/m0/s1. The van der Waals surface area contributed by atoms with E-state index >= 15 is 0 Å². The number of rotatable bonds is 14. The van der Waals surface area contributed by atoms with Crippen LogP contribution in [-0.4, -0.2) is 34.6 Å². The van der Waals surface area contributed by atoms with Gasteiger partial charge in [0.05, 0.1) is 24.4 Å². The first-order valence-corrected chi connectivity index (χ1v) is 10.2. The summed E-state index contributed by atoms with van der Waals surface area (Å²) < 4.78 is 5.82. The van der Waals surface area contributed by atoms with Gasteiger partial charge in [-0.2, -0.15) is 0 Å². The van der Waals surface area contributed by atoms with Crippen LogP contribution in [-0.2, 0) is 4.74 Å². The monoisotopic (exact) mass is 328 g/mol. The third-order valence-electron chi connectivity index (χ3n) is 5.22. The molecule has 0 aromatic rings. The predicted octanol–water partition coefficient (Wildman–Crippen LogP) is 4.98. The van der Waals surface area contributed by atoms with Gasteiger partial charge in [-0.3, -0.25) is 0 Å². The Morgan fingerprint density at radius 2 is 1.22 bits per heavy atom. The molecule has 1 fully saturated rings. The largest absolute Gasteiger partial charge is 0.390 e. The number of aliphatic hydroxyl groups is 2. The van der Waals surface area contributed by atoms with Crippen LogP contribution in [0.5, 0.6) is 0 Å². The minimum atomic E-state index is -0.371. The molecule has 0 aromatic heterocycles. The molecule has 2 N–H and O–H groups in total. The van der Waals surface area contributed by atoms with Crippen molar-refractivity contribution in [2.24, 2.45) is 0 Å². The lowest BCUT2D eigenvalue weighted by molar-refractivity contribution is -0.0771. The highest BCUT2D eigenvalue weighted by molar-refractivity contribution is 4.82. The molecule has 0 aromatic carbocycles. The van der Waals surface area contributed by atoms with Crippen molar-refractivity contribution >= 4 is 0 Å². The molecule has 138 valence electrons. The topological polar surface area (TPSA) is 49.7 Å². The summed E-state index contributed by atoms with van der Waals surface area (Å²) in [6, 6.07) is 0. The zero-order valence-corrected chi connectivity index (χ0v) is 15.5. The van der Waals surface area contributed by atoms with E-state index in [2.05, 4.69) is 6.92 Å². The molecule has 23 heavy (non-hydrogen) atoms. The molecule has 0 bridgehead atoms. The molecule has 3 heteroatoms. The van der Waals surface area contributed by atoms with E-state index in [1.165, 1.54) is 57.8 Å². The maximum Gasteiger partial charge on any atom is 0.0840 e.